The Labute approximate surface area is 227 Å². The number of aryl methyl sites for hydroxylation is 1. The average molecular weight is 549 g/mol. The van der Waals surface area contributed by atoms with Gasteiger partial charge in [0.15, 0.2) is 17.3 Å². The van der Waals surface area contributed by atoms with Gasteiger partial charge in [-0.3, -0.25) is 10.2 Å². The first kappa shape index (κ1) is 25.6. The van der Waals surface area contributed by atoms with Crippen LogP contribution in [0.25, 0.3) is 6.08 Å². The van der Waals surface area contributed by atoms with Crippen LogP contribution < -0.4 is 18.9 Å². The summed E-state index contributed by atoms with van der Waals surface area (Å²) in [4.78, 5) is 18.0. The number of thiophene rings is 1. The SMILES string of the molecule is COc1cc(/C=C2\C(=N)N3N=C(c4cccs4)SC3=NC2=O)cc(OC)c1OCCOc1ccccc1C. The number of hydrazone groups is 1. The lowest BCUT2D eigenvalue weighted by atomic mass is 10.1. The number of hydrogen-bond donors (Lipinski definition) is 1. The molecule has 0 fully saturated rings. The molecule has 0 spiro atoms. The Bertz CT molecular complexity index is 1460. The van der Waals surface area contributed by atoms with E-state index in [1.807, 2.05) is 48.7 Å². The summed E-state index contributed by atoms with van der Waals surface area (Å²) in [6, 6.07) is 15.1. The molecule has 3 heterocycles. The van der Waals surface area contributed by atoms with Gasteiger partial charge in [-0.15, -0.1) is 11.3 Å². The van der Waals surface area contributed by atoms with Crippen LogP contribution in [0.2, 0.25) is 0 Å². The number of carbonyl (C=O) groups is 1. The van der Waals surface area contributed by atoms with Crippen LogP contribution in [0.5, 0.6) is 23.0 Å². The summed E-state index contributed by atoms with van der Waals surface area (Å²) in [5.74, 6) is 1.48. The third kappa shape index (κ3) is 5.15. The number of thioether (sulfide) groups is 1. The zero-order valence-corrected chi connectivity index (χ0v) is 22.5. The lowest BCUT2D eigenvalue weighted by Gasteiger charge is -2.20. The van der Waals surface area contributed by atoms with Gasteiger partial charge in [-0.05, 0) is 65.5 Å². The molecule has 1 aromatic heterocycles. The van der Waals surface area contributed by atoms with Crippen LogP contribution in [-0.2, 0) is 4.79 Å². The van der Waals surface area contributed by atoms with Crippen molar-refractivity contribution in [2.24, 2.45) is 10.1 Å². The number of nitrogens with zero attached hydrogens (tertiary/aromatic N) is 3. The third-order valence-electron chi connectivity index (χ3n) is 5.66. The highest BCUT2D eigenvalue weighted by Crippen LogP contribution is 2.40. The van der Waals surface area contributed by atoms with E-state index in [1.165, 1.54) is 42.3 Å². The molecule has 1 N–H and O–H groups in total. The van der Waals surface area contributed by atoms with E-state index < -0.39 is 5.91 Å². The summed E-state index contributed by atoms with van der Waals surface area (Å²) in [5, 5.41) is 17.6. The number of aliphatic imine (C=N–C) groups is 1. The molecule has 1 amide bonds. The van der Waals surface area contributed by atoms with Crippen LogP contribution in [0.1, 0.15) is 16.0 Å². The molecular weight excluding hydrogens is 524 g/mol. The number of rotatable bonds is 9. The number of ether oxygens (including phenoxy) is 4. The molecule has 11 heteroatoms. The predicted molar refractivity (Wildman–Crippen MR) is 150 cm³/mol. The molecule has 194 valence electrons. The van der Waals surface area contributed by atoms with Crippen molar-refractivity contribution >= 4 is 51.1 Å². The van der Waals surface area contributed by atoms with Gasteiger partial charge in [0.1, 0.15) is 24.0 Å². The van der Waals surface area contributed by atoms with Gasteiger partial charge in [-0.2, -0.15) is 15.1 Å². The van der Waals surface area contributed by atoms with Crippen molar-refractivity contribution in [3.8, 4) is 23.0 Å². The Kier molecular flexibility index (Phi) is 7.47. The Morgan fingerprint density at radius 1 is 1.00 bits per heavy atom. The quantitative estimate of drug-likeness (QED) is 0.289. The Morgan fingerprint density at radius 2 is 1.74 bits per heavy atom. The number of amides is 1. The minimum Gasteiger partial charge on any atom is -0.493 e. The van der Waals surface area contributed by atoms with Gasteiger partial charge in [0.05, 0.1) is 24.7 Å². The lowest BCUT2D eigenvalue weighted by molar-refractivity contribution is -0.114. The predicted octanol–water partition coefficient (Wildman–Crippen LogP) is 5.20. The van der Waals surface area contributed by atoms with E-state index in [1.54, 1.807) is 18.2 Å². The summed E-state index contributed by atoms with van der Waals surface area (Å²) in [7, 11) is 3.05. The van der Waals surface area contributed by atoms with Gasteiger partial charge in [0.2, 0.25) is 10.9 Å². The minimum absolute atomic E-state index is 0.0503. The molecule has 3 aromatic rings. The maximum Gasteiger partial charge on any atom is 0.283 e. The van der Waals surface area contributed by atoms with Crippen LogP contribution >= 0.6 is 23.1 Å². The molecule has 0 saturated heterocycles. The smallest absolute Gasteiger partial charge is 0.283 e. The molecule has 0 bridgehead atoms. The van der Waals surface area contributed by atoms with E-state index in [-0.39, 0.29) is 18.0 Å². The first-order valence-electron chi connectivity index (χ1n) is 11.6. The number of methoxy groups -OCH3 is 2. The number of benzene rings is 2. The van der Waals surface area contributed by atoms with Gasteiger partial charge in [-0.1, -0.05) is 24.3 Å². The maximum atomic E-state index is 12.9. The highest BCUT2D eigenvalue weighted by atomic mass is 32.2. The fourth-order valence-corrected chi connectivity index (χ4v) is 5.48. The van der Waals surface area contributed by atoms with E-state index >= 15 is 0 Å². The molecule has 5 rings (SSSR count). The normalized spacial score (nSPS) is 15.8. The monoisotopic (exact) mass is 548 g/mol. The standard InChI is InChI=1S/C27H24N4O5S2/c1-16-7-4-5-8-19(16)35-10-11-36-23-20(33-2)14-17(15-21(23)34-3)13-18-24(28)31-27(29-25(18)32)38-26(30-31)22-9-6-12-37-22/h4-9,12-15,28H,10-11H2,1-3H3/b18-13+,28-24?. The maximum absolute atomic E-state index is 12.9. The lowest BCUT2D eigenvalue weighted by Crippen LogP contribution is -2.35. The Hall–Kier alpha value is -4.09. The molecular formula is C27H24N4O5S2. The second-order valence-corrected chi connectivity index (χ2v) is 10.0. The fourth-order valence-electron chi connectivity index (χ4n) is 3.80. The number of amidine groups is 2. The van der Waals surface area contributed by atoms with Crippen LogP contribution in [0.3, 0.4) is 0 Å². The molecule has 0 unspecified atom stereocenters. The van der Waals surface area contributed by atoms with Crippen molar-refractivity contribution in [3.05, 3.63) is 75.5 Å². The summed E-state index contributed by atoms with van der Waals surface area (Å²) < 4.78 is 22.9. The van der Waals surface area contributed by atoms with Gasteiger partial charge in [-0.25, -0.2) is 0 Å². The number of fused-ring (bicyclic) bond motifs is 1. The second kappa shape index (κ2) is 11.1. The summed E-state index contributed by atoms with van der Waals surface area (Å²) in [6.07, 6.45) is 1.57. The number of hydrogen-bond acceptors (Lipinski definition) is 9. The number of carbonyl (C=O) groups excluding carboxylic acids is 1. The van der Waals surface area contributed by atoms with E-state index in [0.717, 1.165) is 16.2 Å². The molecule has 0 atom stereocenters. The molecule has 2 aliphatic rings. The first-order chi connectivity index (χ1) is 18.5. The fraction of sp³-hybridized carbons (Fsp3) is 0.185. The van der Waals surface area contributed by atoms with Crippen LogP contribution in [0, 0.1) is 12.3 Å². The first-order valence-corrected chi connectivity index (χ1v) is 13.3. The summed E-state index contributed by atoms with van der Waals surface area (Å²) in [6.45, 7) is 2.58. The second-order valence-electron chi connectivity index (χ2n) is 8.12. The molecule has 0 aliphatic carbocycles. The zero-order chi connectivity index (χ0) is 26.6. The van der Waals surface area contributed by atoms with E-state index in [2.05, 4.69) is 10.1 Å². The van der Waals surface area contributed by atoms with Crippen molar-refractivity contribution in [2.75, 3.05) is 27.4 Å². The van der Waals surface area contributed by atoms with Gasteiger partial charge in [0.25, 0.3) is 5.91 Å². The highest BCUT2D eigenvalue weighted by Gasteiger charge is 2.36. The third-order valence-corrected chi connectivity index (χ3v) is 7.61. The van der Waals surface area contributed by atoms with Gasteiger partial charge < -0.3 is 18.9 Å². The van der Waals surface area contributed by atoms with Crippen molar-refractivity contribution in [1.29, 1.82) is 5.41 Å². The number of nitrogens with one attached hydrogen (secondary N) is 1. The van der Waals surface area contributed by atoms with Crippen LogP contribution in [0.15, 0.2) is 69.6 Å². The topological polar surface area (TPSA) is 106 Å². The van der Waals surface area contributed by atoms with Gasteiger partial charge in [0, 0.05) is 0 Å². The zero-order valence-electron chi connectivity index (χ0n) is 20.9. The molecule has 0 radical (unpaired) electrons. The Morgan fingerprint density at radius 3 is 2.42 bits per heavy atom. The highest BCUT2D eigenvalue weighted by molar-refractivity contribution is 8.27. The molecule has 38 heavy (non-hydrogen) atoms. The van der Waals surface area contributed by atoms with Crippen molar-refractivity contribution < 1.29 is 23.7 Å². The Balaban J connectivity index is 1.35. The van der Waals surface area contributed by atoms with Crippen molar-refractivity contribution in [1.82, 2.24) is 5.01 Å². The largest absolute Gasteiger partial charge is 0.493 e. The van der Waals surface area contributed by atoms with Crippen LogP contribution in [0.4, 0.5) is 0 Å². The van der Waals surface area contributed by atoms with E-state index in [4.69, 9.17) is 24.4 Å². The van der Waals surface area contributed by atoms with Crippen molar-refractivity contribution in [3.63, 3.8) is 0 Å². The molecule has 2 aliphatic heterocycles. The average Bonchev–Trinajstić information content (AvgIpc) is 3.60. The van der Waals surface area contributed by atoms with E-state index in [0.29, 0.717) is 39.6 Å². The van der Waals surface area contributed by atoms with Crippen LogP contribution in [-0.4, -0.2) is 54.4 Å². The van der Waals surface area contributed by atoms with E-state index in [9.17, 15) is 4.79 Å². The summed E-state index contributed by atoms with van der Waals surface area (Å²) in [5.41, 5.74) is 1.73. The van der Waals surface area contributed by atoms with Gasteiger partial charge >= 0.3 is 0 Å². The number of para-hydroxylation sites is 1. The summed E-state index contributed by atoms with van der Waals surface area (Å²) >= 11 is 2.81. The van der Waals surface area contributed by atoms with Crippen molar-refractivity contribution in [2.45, 2.75) is 6.92 Å². The molecule has 2 aromatic carbocycles. The molecule has 9 nitrogen and oxygen atoms in total. The molecule has 0 saturated carbocycles. The minimum atomic E-state index is -0.511.